The fourth-order valence-electron chi connectivity index (χ4n) is 2.03. The fraction of sp³-hybridized carbons (Fsp3) is 0.0714. The molecule has 4 heteroatoms. The Bertz CT molecular complexity index is 706. The highest BCUT2D eigenvalue weighted by molar-refractivity contribution is 5.92. The first-order valence-corrected chi connectivity index (χ1v) is 5.63. The number of benzene rings is 2. The summed E-state index contributed by atoms with van der Waals surface area (Å²) in [6.45, 7) is 0.330. The number of halogens is 1. The second kappa shape index (κ2) is 4.23. The molecule has 0 amide bonds. The van der Waals surface area contributed by atoms with Gasteiger partial charge < -0.3 is 10.3 Å². The third-order valence-electron chi connectivity index (χ3n) is 2.92. The van der Waals surface area contributed by atoms with E-state index < -0.39 is 0 Å². The predicted molar refractivity (Wildman–Crippen MR) is 67.3 cm³/mol. The van der Waals surface area contributed by atoms with Crippen LogP contribution in [0.5, 0.6) is 0 Å². The molecular weight excluding hydrogens is 231 g/mol. The Morgan fingerprint density at radius 3 is 2.83 bits per heavy atom. The summed E-state index contributed by atoms with van der Waals surface area (Å²) in [5, 5.41) is 4.88. The second-order valence-corrected chi connectivity index (χ2v) is 4.03. The number of hydrogen-bond donors (Lipinski definition) is 1. The Kier molecular flexibility index (Phi) is 2.57. The van der Waals surface area contributed by atoms with Gasteiger partial charge in [-0.2, -0.15) is 0 Å². The van der Waals surface area contributed by atoms with Crippen molar-refractivity contribution in [1.82, 2.24) is 5.16 Å². The summed E-state index contributed by atoms with van der Waals surface area (Å²) in [6.07, 6.45) is 0. The quantitative estimate of drug-likeness (QED) is 0.751. The van der Waals surface area contributed by atoms with E-state index in [0.29, 0.717) is 23.4 Å². The lowest BCUT2D eigenvalue weighted by atomic mass is 10.0. The lowest BCUT2D eigenvalue weighted by Crippen LogP contribution is -1.99. The van der Waals surface area contributed by atoms with Crippen molar-refractivity contribution in [2.24, 2.45) is 5.73 Å². The van der Waals surface area contributed by atoms with E-state index in [1.807, 2.05) is 24.3 Å². The van der Waals surface area contributed by atoms with Crippen molar-refractivity contribution in [3.63, 3.8) is 0 Å². The van der Waals surface area contributed by atoms with E-state index in [-0.39, 0.29) is 5.82 Å². The largest absolute Gasteiger partial charge is 0.356 e. The van der Waals surface area contributed by atoms with Crippen LogP contribution in [-0.2, 0) is 6.54 Å². The van der Waals surface area contributed by atoms with Gasteiger partial charge in [0.15, 0.2) is 5.58 Å². The third-order valence-corrected chi connectivity index (χ3v) is 2.92. The summed E-state index contributed by atoms with van der Waals surface area (Å²) in [5.74, 6) is -0.311. The number of aromatic nitrogens is 1. The smallest absolute Gasteiger partial charge is 0.167 e. The lowest BCUT2D eigenvalue weighted by molar-refractivity contribution is 0.459. The van der Waals surface area contributed by atoms with Crippen LogP contribution in [0.2, 0.25) is 0 Å². The van der Waals surface area contributed by atoms with Crippen molar-refractivity contribution in [2.75, 3.05) is 0 Å². The predicted octanol–water partition coefficient (Wildman–Crippen LogP) is 3.09. The molecule has 3 rings (SSSR count). The average Bonchev–Trinajstić information content (AvgIpc) is 2.82. The molecule has 0 fully saturated rings. The highest BCUT2D eigenvalue weighted by Gasteiger charge is 2.13. The van der Waals surface area contributed by atoms with Gasteiger partial charge in [0.2, 0.25) is 0 Å². The van der Waals surface area contributed by atoms with E-state index in [9.17, 15) is 4.39 Å². The van der Waals surface area contributed by atoms with Crippen molar-refractivity contribution >= 4 is 11.0 Å². The molecule has 0 radical (unpaired) electrons. The van der Waals surface area contributed by atoms with E-state index in [4.69, 9.17) is 10.3 Å². The summed E-state index contributed by atoms with van der Waals surface area (Å²) in [6, 6.07) is 12.0. The van der Waals surface area contributed by atoms with Crippen LogP contribution in [0.1, 0.15) is 5.56 Å². The monoisotopic (exact) mass is 242 g/mol. The second-order valence-electron chi connectivity index (χ2n) is 4.03. The van der Waals surface area contributed by atoms with E-state index in [1.54, 1.807) is 6.07 Å². The van der Waals surface area contributed by atoms with Crippen molar-refractivity contribution in [3.05, 3.63) is 53.8 Å². The van der Waals surface area contributed by atoms with Gasteiger partial charge in [-0.1, -0.05) is 23.4 Å². The fourth-order valence-corrected chi connectivity index (χ4v) is 2.03. The Balaban J connectivity index is 2.29. The number of fused-ring (bicyclic) bond motifs is 1. The molecule has 1 aromatic heterocycles. The number of nitrogens with zero attached hydrogens (tertiary/aromatic N) is 1. The van der Waals surface area contributed by atoms with Gasteiger partial charge in [0.05, 0.1) is 0 Å². The van der Waals surface area contributed by atoms with Crippen molar-refractivity contribution < 1.29 is 8.91 Å². The molecule has 2 aromatic carbocycles. The molecule has 0 atom stereocenters. The van der Waals surface area contributed by atoms with Gasteiger partial charge in [0.25, 0.3) is 0 Å². The van der Waals surface area contributed by atoms with E-state index in [0.717, 1.165) is 10.9 Å². The SMILES string of the molecule is NCc1ccc(F)cc1-c1noc2ccccc12. The highest BCUT2D eigenvalue weighted by Crippen LogP contribution is 2.30. The van der Waals surface area contributed by atoms with Crippen LogP contribution < -0.4 is 5.73 Å². The van der Waals surface area contributed by atoms with Crippen LogP contribution in [0.3, 0.4) is 0 Å². The first-order valence-electron chi connectivity index (χ1n) is 5.63. The average molecular weight is 242 g/mol. The van der Waals surface area contributed by atoms with Gasteiger partial charge in [0.1, 0.15) is 11.5 Å². The topological polar surface area (TPSA) is 52.0 Å². The van der Waals surface area contributed by atoms with Crippen molar-refractivity contribution in [2.45, 2.75) is 6.54 Å². The first-order chi connectivity index (χ1) is 8.79. The zero-order valence-corrected chi connectivity index (χ0v) is 9.56. The molecular formula is C14H11FN2O. The molecule has 2 N–H and O–H groups in total. The standard InChI is InChI=1S/C14H11FN2O/c15-10-6-5-9(8-16)12(7-10)14-11-3-1-2-4-13(11)18-17-14/h1-7H,8,16H2. The molecule has 3 nitrogen and oxygen atoms in total. The van der Waals surface area contributed by atoms with E-state index in [1.165, 1.54) is 12.1 Å². The van der Waals surface area contributed by atoms with Crippen LogP contribution in [0.15, 0.2) is 47.0 Å². The molecule has 0 bridgehead atoms. The summed E-state index contributed by atoms with van der Waals surface area (Å²) in [4.78, 5) is 0. The molecule has 3 aromatic rings. The summed E-state index contributed by atoms with van der Waals surface area (Å²) in [7, 11) is 0. The molecule has 0 aliphatic rings. The maximum absolute atomic E-state index is 13.4. The molecule has 18 heavy (non-hydrogen) atoms. The van der Waals surface area contributed by atoms with Gasteiger partial charge in [0, 0.05) is 17.5 Å². The summed E-state index contributed by atoms with van der Waals surface area (Å²) in [5.41, 5.74) is 8.51. The van der Waals surface area contributed by atoms with Gasteiger partial charge in [-0.05, 0) is 29.8 Å². The number of nitrogens with two attached hydrogens (primary N) is 1. The molecule has 0 saturated heterocycles. The molecule has 0 unspecified atom stereocenters. The van der Waals surface area contributed by atoms with Crippen molar-refractivity contribution in [1.29, 1.82) is 0 Å². The maximum Gasteiger partial charge on any atom is 0.167 e. The van der Waals surface area contributed by atoms with Gasteiger partial charge >= 0.3 is 0 Å². The van der Waals surface area contributed by atoms with Crippen LogP contribution in [0, 0.1) is 5.82 Å². The zero-order valence-electron chi connectivity index (χ0n) is 9.56. The maximum atomic E-state index is 13.4. The first kappa shape index (κ1) is 10.9. The molecule has 0 saturated carbocycles. The number of rotatable bonds is 2. The Morgan fingerprint density at radius 2 is 2.00 bits per heavy atom. The molecule has 0 spiro atoms. The minimum absolute atomic E-state index is 0.311. The number of para-hydroxylation sites is 1. The summed E-state index contributed by atoms with van der Waals surface area (Å²) >= 11 is 0. The van der Waals surface area contributed by atoms with Crippen molar-refractivity contribution in [3.8, 4) is 11.3 Å². The normalized spacial score (nSPS) is 11.0. The highest BCUT2D eigenvalue weighted by atomic mass is 19.1. The minimum atomic E-state index is -0.311. The van der Waals surface area contributed by atoms with E-state index >= 15 is 0 Å². The minimum Gasteiger partial charge on any atom is -0.356 e. The third kappa shape index (κ3) is 1.67. The number of hydrogen-bond acceptors (Lipinski definition) is 3. The zero-order chi connectivity index (χ0) is 12.5. The Morgan fingerprint density at radius 1 is 1.17 bits per heavy atom. The van der Waals surface area contributed by atoms with E-state index in [2.05, 4.69) is 5.16 Å². The summed E-state index contributed by atoms with van der Waals surface area (Å²) < 4.78 is 18.6. The van der Waals surface area contributed by atoms with Crippen LogP contribution in [0.25, 0.3) is 22.2 Å². The van der Waals surface area contributed by atoms with Gasteiger partial charge in [-0.25, -0.2) is 4.39 Å². The molecule has 0 aliphatic carbocycles. The molecule has 90 valence electrons. The van der Waals surface area contributed by atoms with Gasteiger partial charge in [-0.15, -0.1) is 0 Å². The Hall–Kier alpha value is -2.20. The lowest BCUT2D eigenvalue weighted by Gasteiger charge is -2.04. The van der Waals surface area contributed by atoms with Crippen LogP contribution in [-0.4, -0.2) is 5.16 Å². The van der Waals surface area contributed by atoms with Crippen LogP contribution in [0.4, 0.5) is 4.39 Å². The molecule has 1 heterocycles. The van der Waals surface area contributed by atoms with Crippen LogP contribution >= 0.6 is 0 Å². The van der Waals surface area contributed by atoms with Gasteiger partial charge in [-0.3, -0.25) is 0 Å². The Labute approximate surface area is 103 Å². The molecule has 0 aliphatic heterocycles.